The number of aliphatic carboxylic acids is 2. The molecule has 1 aromatic carbocycles. The van der Waals surface area contributed by atoms with Crippen LogP contribution in [-0.2, 0) is 16.1 Å². The van der Waals surface area contributed by atoms with Crippen LogP contribution in [0.5, 0.6) is 0 Å². The Balaban J connectivity index is 1.51. The van der Waals surface area contributed by atoms with E-state index < -0.39 is 23.9 Å². The van der Waals surface area contributed by atoms with E-state index in [9.17, 15) is 19.5 Å². The van der Waals surface area contributed by atoms with Gasteiger partial charge in [0.15, 0.2) is 17.0 Å². The van der Waals surface area contributed by atoms with Gasteiger partial charge in [-0.3, -0.25) is 9.59 Å². The molecule has 3 aromatic heterocycles. The molecule has 0 aliphatic heterocycles. The fourth-order valence-electron chi connectivity index (χ4n) is 3.67. The van der Waals surface area contributed by atoms with E-state index in [2.05, 4.69) is 25.3 Å². The average molecular weight is 478 g/mol. The molecular weight excluding hydrogens is 456 g/mol. The molecule has 0 saturated heterocycles. The van der Waals surface area contributed by atoms with Crippen LogP contribution in [0.25, 0.3) is 22.1 Å². The normalized spacial score (nSPS) is 12.0. The minimum absolute atomic E-state index is 0.0148. The molecule has 1 unspecified atom stereocenters. The third kappa shape index (κ3) is 5.24. The molecule has 0 fully saturated rings. The smallest absolute Gasteiger partial charge is 0.326 e. The summed E-state index contributed by atoms with van der Waals surface area (Å²) in [6.45, 7) is 0.368. The number of hydrogen-bond donors (Lipinski definition) is 5. The molecule has 13 nitrogen and oxygen atoms in total. The van der Waals surface area contributed by atoms with Crippen molar-refractivity contribution in [1.82, 2.24) is 29.8 Å². The number of amides is 1. The summed E-state index contributed by atoms with van der Waals surface area (Å²) in [5, 5.41) is 21.3. The molecular formula is C22H22N8O5. The number of anilines is 2. The van der Waals surface area contributed by atoms with Gasteiger partial charge in [-0.05, 0) is 37.1 Å². The Labute approximate surface area is 197 Å². The summed E-state index contributed by atoms with van der Waals surface area (Å²) in [6, 6.07) is 5.63. The third-order valence-electron chi connectivity index (χ3n) is 5.35. The number of fused-ring (bicyclic) bond motifs is 2. The average Bonchev–Trinajstić information content (AvgIpc) is 3.20. The maximum Gasteiger partial charge on any atom is 0.326 e. The van der Waals surface area contributed by atoms with Gasteiger partial charge in [-0.1, -0.05) is 0 Å². The van der Waals surface area contributed by atoms with Crippen LogP contribution in [-0.4, -0.2) is 58.6 Å². The highest BCUT2D eigenvalue weighted by Crippen LogP contribution is 2.20. The van der Waals surface area contributed by atoms with Crippen molar-refractivity contribution < 1.29 is 24.6 Å². The summed E-state index contributed by atoms with van der Waals surface area (Å²) in [7, 11) is 0. The highest BCUT2D eigenvalue weighted by atomic mass is 16.4. The van der Waals surface area contributed by atoms with Crippen LogP contribution in [0, 0.1) is 0 Å². The van der Waals surface area contributed by atoms with Crippen molar-refractivity contribution in [3.05, 3.63) is 47.9 Å². The van der Waals surface area contributed by atoms with Gasteiger partial charge in [0, 0.05) is 29.1 Å². The van der Waals surface area contributed by atoms with Crippen molar-refractivity contribution in [1.29, 1.82) is 0 Å². The number of benzene rings is 1. The lowest BCUT2D eigenvalue weighted by Gasteiger charge is -2.14. The molecule has 1 amide bonds. The lowest BCUT2D eigenvalue weighted by Crippen LogP contribution is -2.40. The summed E-state index contributed by atoms with van der Waals surface area (Å²) < 4.78 is 1.91. The van der Waals surface area contributed by atoms with Crippen LogP contribution in [0.3, 0.4) is 0 Å². The number of nitrogen functional groups attached to an aromatic ring is 2. The maximum atomic E-state index is 12.6. The monoisotopic (exact) mass is 478 g/mol. The van der Waals surface area contributed by atoms with Crippen LogP contribution in [0.4, 0.5) is 11.8 Å². The molecule has 7 N–H and O–H groups in total. The molecule has 4 rings (SSSR count). The van der Waals surface area contributed by atoms with Gasteiger partial charge in [0.25, 0.3) is 5.91 Å². The van der Waals surface area contributed by atoms with Gasteiger partial charge in [-0.2, -0.15) is 9.97 Å². The van der Waals surface area contributed by atoms with Crippen molar-refractivity contribution in [2.24, 2.45) is 0 Å². The van der Waals surface area contributed by atoms with E-state index in [0.29, 0.717) is 23.4 Å². The minimum Gasteiger partial charge on any atom is -0.481 e. The summed E-state index contributed by atoms with van der Waals surface area (Å²) in [4.78, 5) is 51.4. The number of carboxylic acid groups (broad SMARTS) is 2. The van der Waals surface area contributed by atoms with E-state index in [-0.39, 0.29) is 36.6 Å². The summed E-state index contributed by atoms with van der Waals surface area (Å²) >= 11 is 0. The van der Waals surface area contributed by atoms with E-state index >= 15 is 0 Å². The minimum atomic E-state index is -1.22. The standard InChI is InChI=1S/C22H22N8O5/c23-18-17-19(29-22(24)28-18)25-9-13(26-17)10-30-7-6-11-8-12(4-5-15(11)30)20(33)27-14(21(34)35)2-1-3-16(31)32/h4-9,14H,1-3,10H2,(H,27,33)(H,31,32)(H,34,35)(H4,23,24,25,28,29). The quantitative estimate of drug-likeness (QED) is 0.229. The maximum absolute atomic E-state index is 12.6. The van der Waals surface area contributed by atoms with Gasteiger partial charge >= 0.3 is 11.9 Å². The van der Waals surface area contributed by atoms with Crippen LogP contribution >= 0.6 is 0 Å². The zero-order chi connectivity index (χ0) is 25.1. The van der Waals surface area contributed by atoms with Gasteiger partial charge in [0.1, 0.15) is 6.04 Å². The summed E-state index contributed by atoms with van der Waals surface area (Å²) in [5.74, 6) is -2.65. The third-order valence-corrected chi connectivity index (χ3v) is 5.35. The molecule has 4 aromatic rings. The number of nitrogens with two attached hydrogens (primary N) is 2. The van der Waals surface area contributed by atoms with Crippen LogP contribution in [0.15, 0.2) is 36.7 Å². The Morgan fingerprint density at radius 3 is 2.63 bits per heavy atom. The lowest BCUT2D eigenvalue weighted by atomic mass is 10.1. The predicted octanol–water partition coefficient (Wildman–Crippen LogP) is 1.03. The lowest BCUT2D eigenvalue weighted by molar-refractivity contribution is -0.140. The SMILES string of the molecule is Nc1nc(N)c2nc(Cn3ccc4cc(C(=O)NC(CCCC(=O)O)C(=O)O)ccc43)cnc2n1. The van der Waals surface area contributed by atoms with Crippen molar-refractivity contribution >= 4 is 51.7 Å². The number of aromatic nitrogens is 5. The number of rotatable bonds is 9. The number of nitrogens with one attached hydrogen (secondary N) is 1. The van der Waals surface area contributed by atoms with Gasteiger partial charge in [-0.15, -0.1) is 0 Å². The predicted molar refractivity (Wildman–Crippen MR) is 125 cm³/mol. The molecule has 0 spiro atoms. The van der Waals surface area contributed by atoms with Crippen molar-refractivity contribution in [3.8, 4) is 0 Å². The van der Waals surface area contributed by atoms with Crippen LogP contribution < -0.4 is 16.8 Å². The van der Waals surface area contributed by atoms with Gasteiger partial charge in [0.2, 0.25) is 5.95 Å². The van der Waals surface area contributed by atoms with Crippen molar-refractivity contribution in [3.63, 3.8) is 0 Å². The number of hydrogen-bond acceptors (Lipinski definition) is 9. The van der Waals surface area contributed by atoms with E-state index in [1.807, 2.05) is 16.8 Å². The van der Waals surface area contributed by atoms with E-state index in [1.165, 1.54) is 0 Å². The first-order valence-corrected chi connectivity index (χ1v) is 10.6. The molecule has 0 aliphatic rings. The number of nitrogens with zero attached hydrogens (tertiary/aromatic N) is 5. The van der Waals surface area contributed by atoms with Gasteiger partial charge in [-0.25, -0.2) is 14.8 Å². The molecule has 0 saturated carbocycles. The summed E-state index contributed by atoms with van der Waals surface area (Å²) in [5.41, 5.74) is 13.8. The Morgan fingerprint density at radius 1 is 1.09 bits per heavy atom. The van der Waals surface area contributed by atoms with E-state index in [0.717, 1.165) is 10.9 Å². The molecule has 1 atom stereocenters. The fourth-order valence-corrected chi connectivity index (χ4v) is 3.67. The highest BCUT2D eigenvalue weighted by Gasteiger charge is 2.21. The topological polar surface area (TPSA) is 212 Å². The first-order valence-electron chi connectivity index (χ1n) is 10.6. The first-order chi connectivity index (χ1) is 16.7. The molecule has 35 heavy (non-hydrogen) atoms. The van der Waals surface area contributed by atoms with Crippen LogP contribution in [0.1, 0.15) is 35.3 Å². The molecule has 3 heterocycles. The van der Waals surface area contributed by atoms with Crippen molar-refractivity contribution in [2.45, 2.75) is 31.8 Å². The van der Waals surface area contributed by atoms with Gasteiger partial charge < -0.3 is 31.6 Å². The Bertz CT molecular complexity index is 1450. The molecule has 0 radical (unpaired) electrons. The Morgan fingerprint density at radius 2 is 1.89 bits per heavy atom. The zero-order valence-electron chi connectivity index (χ0n) is 18.4. The van der Waals surface area contributed by atoms with Crippen LogP contribution in [0.2, 0.25) is 0 Å². The zero-order valence-corrected chi connectivity index (χ0v) is 18.4. The number of carboxylic acids is 2. The fraction of sp³-hybridized carbons (Fsp3) is 0.227. The molecule has 180 valence electrons. The second-order valence-corrected chi connectivity index (χ2v) is 7.87. The second-order valence-electron chi connectivity index (χ2n) is 7.87. The molecule has 0 bridgehead atoms. The second kappa shape index (κ2) is 9.59. The Kier molecular flexibility index (Phi) is 6.40. The van der Waals surface area contributed by atoms with Crippen molar-refractivity contribution in [2.75, 3.05) is 11.5 Å². The number of carbonyl (C=O) groups excluding carboxylic acids is 1. The molecule has 0 aliphatic carbocycles. The van der Waals surface area contributed by atoms with Gasteiger partial charge in [0.05, 0.1) is 18.4 Å². The van der Waals surface area contributed by atoms with E-state index in [4.69, 9.17) is 16.6 Å². The Hall–Kier alpha value is -4.81. The van der Waals surface area contributed by atoms with E-state index in [1.54, 1.807) is 24.4 Å². The molecule has 13 heteroatoms. The number of carbonyl (C=O) groups is 3. The first kappa shape index (κ1) is 23.4. The largest absolute Gasteiger partial charge is 0.481 e. The summed E-state index contributed by atoms with van der Waals surface area (Å²) in [6.07, 6.45) is 3.37. The highest BCUT2D eigenvalue weighted by molar-refractivity contribution is 5.99.